The summed E-state index contributed by atoms with van der Waals surface area (Å²) in [6, 6.07) is 14.1. The van der Waals surface area contributed by atoms with Crippen molar-refractivity contribution in [2.45, 2.75) is 39.7 Å². The van der Waals surface area contributed by atoms with Crippen molar-refractivity contribution < 1.29 is 9.53 Å². The molecule has 4 nitrogen and oxygen atoms in total. The maximum atomic E-state index is 12.7. The molecule has 142 valence electrons. The molecule has 0 saturated heterocycles. The Morgan fingerprint density at radius 2 is 1.93 bits per heavy atom. The molecule has 0 saturated carbocycles. The summed E-state index contributed by atoms with van der Waals surface area (Å²) in [6.07, 6.45) is 0. The Morgan fingerprint density at radius 3 is 2.63 bits per heavy atom. The molecule has 27 heavy (non-hydrogen) atoms. The van der Waals surface area contributed by atoms with E-state index in [1.54, 1.807) is 16.2 Å². The smallest absolute Gasteiger partial charge is 0.260 e. The second-order valence-electron chi connectivity index (χ2n) is 7.19. The molecular weight excluding hydrogens is 356 g/mol. The summed E-state index contributed by atoms with van der Waals surface area (Å²) < 4.78 is 7.04. The van der Waals surface area contributed by atoms with Gasteiger partial charge in [-0.05, 0) is 49.1 Å². The lowest BCUT2D eigenvalue weighted by molar-refractivity contribution is -0.134. The number of ether oxygens (including phenoxy) is 1. The van der Waals surface area contributed by atoms with Crippen molar-refractivity contribution in [2.75, 3.05) is 13.7 Å². The summed E-state index contributed by atoms with van der Waals surface area (Å²) in [4.78, 5) is 19.1. The van der Waals surface area contributed by atoms with Crippen LogP contribution in [-0.4, -0.2) is 29.4 Å². The van der Waals surface area contributed by atoms with Crippen molar-refractivity contribution in [3.05, 3.63) is 58.6 Å². The normalized spacial score (nSPS) is 12.4. The number of benzene rings is 2. The summed E-state index contributed by atoms with van der Waals surface area (Å²) >= 11 is 1.63. The van der Waals surface area contributed by atoms with Gasteiger partial charge in [0.2, 0.25) is 0 Å². The van der Waals surface area contributed by atoms with Crippen molar-refractivity contribution in [3.8, 4) is 5.75 Å². The molecule has 2 aromatic carbocycles. The van der Waals surface area contributed by atoms with E-state index >= 15 is 0 Å². The average molecular weight is 383 g/mol. The minimum Gasteiger partial charge on any atom is -0.483 e. The summed E-state index contributed by atoms with van der Waals surface area (Å²) in [5.41, 5.74) is 3.22. The first-order chi connectivity index (χ1) is 12.9. The number of rotatable bonds is 6. The van der Waals surface area contributed by atoms with Crippen LogP contribution in [0.15, 0.2) is 42.5 Å². The van der Waals surface area contributed by atoms with Crippen LogP contribution >= 0.6 is 11.3 Å². The van der Waals surface area contributed by atoms with Crippen LogP contribution in [0.3, 0.4) is 0 Å². The first kappa shape index (κ1) is 19.4. The van der Waals surface area contributed by atoms with Gasteiger partial charge in [-0.25, -0.2) is 4.98 Å². The van der Waals surface area contributed by atoms with Crippen LogP contribution in [-0.2, 0) is 4.79 Å². The number of carbonyl (C=O) groups excluding carboxylic acids is 1. The molecule has 5 heteroatoms. The van der Waals surface area contributed by atoms with Gasteiger partial charge in [0.05, 0.1) is 16.3 Å². The quantitative estimate of drug-likeness (QED) is 0.579. The van der Waals surface area contributed by atoms with Crippen molar-refractivity contribution in [2.24, 2.45) is 0 Å². The fourth-order valence-corrected chi connectivity index (χ4v) is 4.00. The Morgan fingerprint density at radius 1 is 1.19 bits per heavy atom. The number of fused-ring (bicyclic) bond motifs is 1. The van der Waals surface area contributed by atoms with Crippen molar-refractivity contribution >= 4 is 27.5 Å². The monoisotopic (exact) mass is 382 g/mol. The van der Waals surface area contributed by atoms with Gasteiger partial charge >= 0.3 is 0 Å². The van der Waals surface area contributed by atoms with E-state index in [2.05, 4.69) is 37.0 Å². The van der Waals surface area contributed by atoms with Crippen LogP contribution in [0.5, 0.6) is 5.75 Å². The number of aromatic nitrogens is 1. The minimum atomic E-state index is -0.0967. The third-order valence-electron chi connectivity index (χ3n) is 4.78. The zero-order chi connectivity index (χ0) is 19.6. The van der Waals surface area contributed by atoms with Gasteiger partial charge in [0.15, 0.2) is 6.61 Å². The zero-order valence-corrected chi connectivity index (χ0v) is 17.3. The predicted molar refractivity (Wildman–Crippen MR) is 112 cm³/mol. The molecule has 0 fully saturated rings. The highest BCUT2D eigenvalue weighted by atomic mass is 32.1. The number of aryl methyl sites for hydroxylation is 1. The molecule has 1 amide bonds. The van der Waals surface area contributed by atoms with Gasteiger partial charge in [0.25, 0.3) is 5.91 Å². The van der Waals surface area contributed by atoms with Gasteiger partial charge in [-0.2, -0.15) is 0 Å². The highest BCUT2D eigenvalue weighted by Gasteiger charge is 2.21. The lowest BCUT2D eigenvalue weighted by Crippen LogP contribution is -2.33. The van der Waals surface area contributed by atoms with Gasteiger partial charge in [0, 0.05) is 7.05 Å². The number of hydrogen-bond donors (Lipinski definition) is 0. The van der Waals surface area contributed by atoms with E-state index in [1.807, 2.05) is 45.2 Å². The molecule has 0 bridgehead atoms. The van der Waals surface area contributed by atoms with Gasteiger partial charge in [-0.15, -0.1) is 11.3 Å². The summed E-state index contributed by atoms with van der Waals surface area (Å²) in [5.74, 6) is 1.08. The van der Waals surface area contributed by atoms with Crippen molar-refractivity contribution in [1.82, 2.24) is 9.88 Å². The Balaban J connectivity index is 1.69. The molecule has 0 N–H and O–H groups in total. The SMILES string of the molecule is Cc1ccc(C(C)C)c(OCC(=O)N(C)[C@H](C)c2nc3ccccc3s2)c1. The third-order valence-corrected chi connectivity index (χ3v) is 5.99. The highest BCUT2D eigenvalue weighted by Crippen LogP contribution is 2.30. The van der Waals surface area contributed by atoms with E-state index in [1.165, 1.54) is 0 Å². The maximum absolute atomic E-state index is 12.7. The Hall–Kier alpha value is -2.40. The Kier molecular flexibility index (Phi) is 5.80. The van der Waals surface area contributed by atoms with E-state index in [9.17, 15) is 4.79 Å². The Labute approximate surface area is 164 Å². The molecule has 0 spiro atoms. The third kappa shape index (κ3) is 4.30. The molecule has 0 aliphatic carbocycles. The van der Waals surface area contributed by atoms with E-state index in [4.69, 9.17) is 4.74 Å². The number of para-hydroxylation sites is 1. The van der Waals surface area contributed by atoms with E-state index in [0.717, 1.165) is 32.1 Å². The predicted octanol–water partition coefficient (Wildman–Crippen LogP) is 5.33. The summed E-state index contributed by atoms with van der Waals surface area (Å²) in [7, 11) is 1.81. The molecular formula is C22H26N2O2S. The van der Waals surface area contributed by atoms with Crippen molar-refractivity contribution in [3.63, 3.8) is 0 Å². The zero-order valence-electron chi connectivity index (χ0n) is 16.5. The molecule has 3 rings (SSSR count). The van der Waals surface area contributed by atoms with E-state index in [0.29, 0.717) is 5.92 Å². The lowest BCUT2D eigenvalue weighted by atomic mass is 10.0. The second-order valence-corrected chi connectivity index (χ2v) is 8.25. The fraction of sp³-hybridized carbons (Fsp3) is 0.364. The first-order valence-corrected chi connectivity index (χ1v) is 10.0. The van der Waals surface area contributed by atoms with Crippen LogP contribution in [0.1, 0.15) is 48.9 Å². The number of hydrogen-bond acceptors (Lipinski definition) is 4. The molecule has 3 aromatic rings. The van der Waals surface area contributed by atoms with Crippen LogP contribution < -0.4 is 4.74 Å². The number of carbonyl (C=O) groups is 1. The number of nitrogens with zero attached hydrogens (tertiary/aromatic N) is 2. The number of amides is 1. The number of thiazole rings is 1. The minimum absolute atomic E-state index is 0.0227. The molecule has 1 aromatic heterocycles. The Bertz CT molecular complexity index is 915. The molecule has 0 aliphatic heterocycles. The summed E-state index contributed by atoms with van der Waals surface area (Å²) in [6.45, 7) is 8.30. The van der Waals surface area contributed by atoms with Gasteiger partial charge < -0.3 is 9.64 Å². The maximum Gasteiger partial charge on any atom is 0.260 e. The summed E-state index contributed by atoms with van der Waals surface area (Å²) in [5, 5.41) is 0.936. The van der Waals surface area contributed by atoms with Gasteiger partial charge in [-0.3, -0.25) is 4.79 Å². The van der Waals surface area contributed by atoms with Gasteiger partial charge in [-0.1, -0.05) is 38.1 Å². The van der Waals surface area contributed by atoms with Crippen LogP contribution in [0.25, 0.3) is 10.2 Å². The molecule has 1 atom stereocenters. The first-order valence-electron chi connectivity index (χ1n) is 9.21. The fourth-order valence-electron chi connectivity index (χ4n) is 2.94. The lowest BCUT2D eigenvalue weighted by Gasteiger charge is -2.24. The molecule has 0 aliphatic rings. The topological polar surface area (TPSA) is 42.4 Å². The molecule has 1 heterocycles. The van der Waals surface area contributed by atoms with E-state index in [-0.39, 0.29) is 18.6 Å². The largest absolute Gasteiger partial charge is 0.483 e. The standard InChI is InChI=1S/C22H26N2O2S/c1-14(2)17-11-10-15(3)12-19(17)26-13-21(25)24(5)16(4)22-23-18-8-6-7-9-20(18)27-22/h6-12,14,16H,13H2,1-5H3/t16-/m1/s1. The highest BCUT2D eigenvalue weighted by molar-refractivity contribution is 7.18. The van der Waals surface area contributed by atoms with Gasteiger partial charge in [0.1, 0.15) is 10.8 Å². The van der Waals surface area contributed by atoms with Crippen molar-refractivity contribution in [1.29, 1.82) is 0 Å². The number of likely N-dealkylation sites (N-methyl/N-ethyl adjacent to an activating group) is 1. The van der Waals surface area contributed by atoms with Crippen LogP contribution in [0, 0.1) is 6.92 Å². The van der Waals surface area contributed by atoms with E-state index < -0.39 is 0 Å². The molecule has 0 unspecified atom stereocenters. The molecule has 0 radical (unpaired) electrons. The second kappa shape index (κ2) is 8.09. The van der Waals surface area contributed by atoms with Crippen LogP contribution in [0.2, 0.25) is 0 Å². The average Bonchev–Trinajstić information content (AvgIpc) is 3.08. The van der Waals surface area contributed by atoms with Crippen LogP contribution in [0.4, 0.5) is 0 Å².